The molecule has 1 aromatic carbocycles. The molecular weight excluding hydrogens is 418 g/mol. The van der Waals surface area contributed by atoms with Crippen molar-refractivity contribution in [1.82, 2.24) is 15.0 Å². The Bertz CT molecular complexity index is 1010. The van der Waals surface area contributed by atoms with Crippen LogP contribution in [0.5, 0.6) is 0 Å². The zero-order valence-electron chi connectivity index (χ0n) is 15.6. The number of benzene rings is 1. The first kappa shape index (κ1) is 22.7. The molecule has 2 heterocycles. The number of fused-ring (bicyclic) bond motifs is 1. The molecule has 0 radical (unpaired) electrons. The fraction of sp³-hybridized carbons (Fsp3) is 0.316. The molecule has 3 rings (SSSR count). The monoisotopic (exact) mass is 441 g/mol. The fourth-order valence-electron chi connectivity index (χ4n) is 2.81. The van der Waals surface area contributed by atoms with E-state index in [9.17, 15) is 13.5 Å². The molecule has 3 N–H and O–H groups in total. The molecule has 0 fully saturated rings. The van der Waals surface area contributed by atoms with Crippen LogP contribution in [-0.2, 0) is 15.6 Å². The van der Waals surface area contributed by atoms with Crippen LogP contribution >= 0.6 is 23.7 Å². The summed E-state index contributed by atoms with van der Waals surface area (Å²) in [5, 5.41) is 19.2. The maximum absolute atomic E-state index is 12.6. The van der Waals surface area contributed by atoms with E-state index in [-0.39, 0.29) is 23.3 Å². The molecule has 3 aromatic rings. The summed E-state index contributed by atoms with van der Waals surface area (Å²) in [6.45, 7) is 4.26. The lowest BCUT2D eigenvalue weighted by atomic mass is 9.99. The highest BCUT2D eigenvalue weighted by atomic mass is 35.5. The van der Waals surface area contributed by atoms with E-state index >= 15 is 0 Å². The van der Waals surface area contributed by atoms with E-state index in [4.69, 9.17) is 0 Å². The van der Waals surface area contributed by atoms with E-state index in [1.54, 1.807) is 50.5 Å². The maximum atomic E-state index is 12.6. The highest BCUT2D eigenvalue weighted by Crippen LogP contribution is 2.22. The summed E-state index contributed by atoms with van der Waals surface area (Å²) < 4.78 is 27.9. The first-order chi connectivity index (χ1) is 12.8. The van der Waals surface area contributed by atoms with Crippen LogP contribution in [-0.4, -0.2) is 37.6 Å². The van der Waals surface area contributed by atoms with Gasteiger partial charge in [-0.2, -0.15) is 11.3 Å². The Morgan fingerprint density at radius 3 is 2.75 bits per heavy atom. The van der Waals surface area contributed by atoms with Gasteiger partial charge in [-0.15, -0.1) is 12.4 Å². The number of rotatable bonds is 8. The molecule has 0 aliphatic heterocycles. The maximum Gasteiger partial charge on any atom is 0.240 e. The van der Waals surface area contributed by atoms with Gasteiger partial charge in [0.15, 0.2) is 0 Å². The Morgan fingerprint density at radius 2 is 2.04 bits per heavy atom. The predicted octanol–water partition coefficient (Wildman–Crippen LogP) is 2.88. The van der Waals surface area contributed by atoms with E-state index in [2.05, 4.69) is 15.0 Å². The fourth-order valence-corrected chi connectivity index (χ4v) is 4.87. The van der Waals surface area contributed by atoms with Gasteiger partial charge in [0, 0.05) is 36.9 Å². The SMILES string of the molecule is C[C@H](CNCC(C)(O)c1ccsc1)NS(=O)(=O)c1ccc2cnccc2c1.Cl. The van der Waals surface area contributed by atoms with Crippen LogP contribution in [0.4, 0.5) is 0 Å². The normalized spacial score (nSPS) is 15.0. The van der Waals surface area contributed by atoms with Gasteiger partial charge in [0.1, 0.15) is 0 Å². The van der Waals surface area contributed by atoms with Crippen LogP contribution in [0.25, 0.3) is 10.8 Å². The van der Waals surface area contributed by atoms with Crippen molar-refractivity contribution in [3.63, 3.8) is 0 Å². The lowest BCUT2D eigenvalue weighted by Gasteiger charge is -2.24. The number of hydrogen-bond donors (Lipinski definition) is 3. The summed E-state index contributed by atoms with van der Waals surface area (Å²) in [6, 6.07) is 8.30. The molecule has 0 saturated carbocycles. The van der Waals surface area contributed by atoms with Gasteiger partial charge in [-0.3, -0.25) is 4.98 Å². The molecule has 2 atom stereocenters. The first-order valence-electron chi connectivity index (χ1n) is 8.60. The standard InChI is InChI=1S/C19H23N3O3S2.ClH/c1-14(10-21-13-19(2,23)17-6-8-26-12-17)22-27(24,25)18-4-3-16-11-20-7-5-15(16)9-18;/h3-9,11-12,14,21-23H,10,13H2,1-2H3;1H/t14-,19?;/m1./s1. The molecule has 0 aliphatic carbocycles. The summed E-state index contributed by atoms with van der Waals surface area (Å²) in [7, 11) is -3.63. The van der Waals surface area contributed by atoms with Gasteiger partial charge in [0.2, 0.25) is 10.0 Å². The van der Waals surface area contributed by atoms with Crippen LogP contribution in [0, 0.1) is 0 Å². The number of nitrogens with one attached hydrogen (secondary N) is 2. The average Bonchev–Trinajstić information content (AvgIpc) is 3.16. The largest absolute Gasteiger partial charge is 0.384 e. The van der Waals surface area contributed by atoms with Crippen molar-refractivity contribution in [2.75, 3.05) is 13.1 Å². The minimum atomic E-state index is -3.63. The number of aliphatic hydroxyl groups is 1. The molecular formula is C19H24ClN3O3S2. The van der Waals surface area contributed by atoms with E-state index in [0.29, 0.717) is 13.1 Å². The summed E-state index contributed by atoms with van der Waals surface area (Å²) in [4.78, 5) is 4.25. The zero-order valence-corrected chi connectivity index (χ0v) is 18.1. The van der Waals surface area contributed by atoms with Crippen molar-refractivity contribution >= 4 is 44.5 Å². The lowest BCUT2D eigenvalue weighted by molar-refractivity contribution is 0.0573. The number of aromatic nitrogens is 1. The van der Waals surface area contributed by atoms with Crippen LogP contribution < -0.4 is 10.0 Å². The summed E-state index contributed by atoms with van der Waals surface area (Å²) in [6.07, 6.45) is 3.34. The van der Waals surface area contributed by atoms with Crippen molar-refractivity contribution in [3.05, 3.63) is 59.0 Å². The molecule has 0 bridgehead atoms. The first-order valence-corrected chi connectivity index (χ1v) is 11.0. The molecule has 152 valence electrons. The molecule has 0 spiro atoms. The number of hydrogen-bond acceptors (Lipinski definition) is 6. The van der Waals surface area contributed by atoms with E-state index in [1.807, 2.05) is 16.8 Å². The van der Waals surface area contributed by atoms with E-state index in [0.717, 1.165) is 16.3 Å². The third-order valence-electron chi connectivity index (χ3n) is 4.34. The highest BCUT2D eigenvalue weighted by Gasteiger charge is 2.24. The minimum Gasteiger partial charge on any atom is -0.384 e. The van der Waals surface area contributed by atoms with Gasteiger partial charge in [-0.25, -0.2) is 13.1 Å². The third-order valence-corrected chi connectivity index (χ3v) is 6.61. The third kappa shape index (κ3) is 5.50. The van der Waals surface area contributed by atoms with Crippen LogP contribution in [0.1, 0.15) is 19.4 Å². The molecule has 9 heteroatoms. The van der Waals surface area contributed by atoms with Crippen LogP contribution in [0.3, 0.4) is 0 Å². The smallest absolute Gasteiger partial charge is 0.240 e. The molecule has 28 heavy (non-hydrogen) atoms. The molecule has 0 aliphatic rings. The quantitative estimate of drug-likeness (QED) is 0.500. The van der Waals surface area contributed by atoms with Gasteiger partial charge in [0.05, 0.1) is 10.5 Å². The van der Waals surface area contributed by atoms with Gasteiger partial charge in [-0.05, 0) is 59.8 Å². The second-order valence-corrected chi connectivity index (χ2v) is 9.32. The van der Waals surface area contributed by atoms with E-state index in [1.165, 1.54) is 11.3 Å². The number of nitrogens with zero attached hydrogens (tertiary/aromatic N) is 1. The number of thiophene rings is 1. The van der Waals surface area contributed by atoms with Crippen molar-refractivity contribution in [1.29, 1.82) is 0 Å². The summed E-state index contributed by atoms with van der Waals surface area (Å²) in [5.74, 6) is 0. The Hall–Kier alpha value is -1.55. The average molecular weight is 442 g/mol. The van der Waals surface area contributed by atoms with Crippen LogP contribution in [0.2, 0.25) is 0 Å². The molecule has 0 amide bonds. The topological polar surface area (TPSA) is 91.3 Å². The minimum absolute atomic E-state index is 0. The Balaban J connectivity index is 0.00000280. The van der Waals surface area contributed by atoms with Gasteiger partial charge in [0.25, 0.3) is 0 Å². The number of pyridine rings is 1. The molecule has 2 aromatic heterocycles. The Labute approximate surface area is 175 Å². The Morgan fingerprint density at radius 1 is 1.25 bits per heavy atom. The summed E-state index contributed by atoms with van der Waals surface area (Å²) in [5.41, 5.74) is -0.149. The predicted molar refractivity (Wildman–Crippen MR) is 116 cm³/mol. The van der Waals surface area contributed by atoms with Crippen molar-refractivity contribution in [2.45, 2.75) is 30.4 Å². The molecule has 1 unspecified atom stereocenters. The molecule has 6 nitrogen and oxygen atoms in total. The van der Waals surface area contributed by atoms with Gasteiger partial charge < -0.3 is 10.4 Å². The van der Waals surface area contributed by atoms with Crippen molar-refractivity contribution in [2.24, 2.45) is 0 Å². The van der Waals surface area contributed by atoms with Crippen molar-refractivity contribution < 1.29 is 13.5 Å². The molecule has 0 saturated heterocycles. The second kappa shape index (κ2) is 9.30. The Kier molecular flexibility index (Phi) is 7.55. The van der Waals surface area contributed by atoms with E-state index < -0.39 is 15.6 Å². The lowest BCUT2D eigenvalue weighted by Crippen LogP contribution is -2.43. The van der Waals surface area contributed by atoms with Gasteiger partial charge >= 0.3 is 0 Å². The van der Waals surface area contributed by atoms with Crippen LogP contribution in [0.15, 0.2) is 58.4 Å². The second-order valence-electron chi connectivity index (χ2n) is 6.82. The highest BCUT2D eigenvalue weighted by molar-refractivity contribution is 7.89. The number of sulfonamides is 1. The van der Waals surface area contributed by atoms with Gasteiger partial charge in [-0.1, -0.05) is 6.07 Å². The number of halogens is 1. The van der Waals surface area contributed by atoms with Crippen molar-refractivity contribution in [3.8, 4) is 0 Å². The summed E-state index contributed by atoms with van der Waals surface area (Å²) >= 11 is 1.53. The zero-order chi connectivity index (χ0) is 19.5.